The fourth-order valence-electron chi connectivity index (χ4n) is 3.78. The van der Waals surface area contributed by atoms with E-state index in [4.69, 9.17) is 18.8 Å². The molecule has 6 aromatic rings. The predicted molar refractivity (Wildman–Crippen MR) is 123 cm³/mol. The first kappa shape index (κ1) is 17.7. The Bertz CT molecular complexity index is 1380. The van der Waals surface area contributed by atoms with Crippen LogP contribution in [0.4, 0.5) is 0 Å². The second-order valence-electron chi connectivity index (χ2n) is 7.64. The molecule has 0 unspecified atom stereocenters. The summed E-state index contributed by atoms with van der Waals surface area (Å²) in [6.07, 6.45) is 0. The predicted octanol–water partition coefficient (Wildman–Crippen LogP) is 7.28. The molecule has 0 N–H and O–H groups in total. The molecule has 0 saturated carbocycles. The Morgan fingerprint density at radius 3 is 1.52 bits per heavy atom. The molecule has 0 bridgehead atoms. The molecular formula is C27H18N2O2. The molecule has 2 aromatic heterocycles. The van der Waals surface area contributed by atoms with Crippen LogP contribution in [0.1, 0.15) is 5.56 Å². The molecule has 0 atom stereocenters. The average Bonchev–Trinajstić information content (AvgIpc) is 3.44. The van der Waals surface area contributed by atoms with Gasteiger partial charge < -0.3 is 8.83 Å². The molecule has 0 saturated heterocycles. The summed E-state index contributed by atoms with van der Waals surface area (Å²) in [5.74, 6) is 1.15. The third kappa shape index (κ3) is 3.19. The van der Waals surface area contributed by atoms with Gasteiger partial charge in [0.2, 0.25) is 11.8 Å². The summed E-state index contributed by atoms with van der Waals surface area (Å²) >= 11 is 0. The van der Waals surface area contributed by atoms with Gasteiger partial charge in [0.25, 0.3) is 0 Å². The summed E-state index contributed by atoms with van der Waals surface area (Å²) in [7, 11) is 0. The molecule has 0 aliphatic carbocycles. The van der Waals surface area contributed by atoms with Crippen LogP contribution in [-0.2, 0) is 0 Å². The lowest BCUT2D eigenvalue weighted by Gasteiger charge is -2.07. The van der Waals surface area contributed by atoms with Gasteiger partial charge in [0, 0.05) is 11.1 Å². The van der Waals surface area contributed by atoms with Gasteiger partial charge in [0.1, 0.15) is 11.0 Å². The number of benzene rings is 4. The van der Waals surface area contributed by atoms with Crippen LogP contribution in [0.2, 0.25) is 0 Å². The highest BCUT2D eigenvalue weighted by Gasteiger charge is 2.15. The Morgan fingerprint density at radius 1 is 0.516 bits per heavy atom. The number of hydrogen-bond donors (Lipinski definition) is 0. The number of nitrogens with zero attached hydrogens (tertiary/aromatic N) is 2. The van der Waals surface area contributed by atoms with Gasteiger partial charge in [-0.2, -0.15) is 0 Å². The van der Waals surface area contributed by atoms with E-state index in [0.717, 1.165) is 44.5 Å². The monoisotopic (exact) mass is 402 g/mol. The number of fused-ring (bicyclic) bond motifs is 2. The number of rotatable bonds is 3. The lowest BCUT2D eigenvalue weighted by atomic mass is 9.99. The molecular weight excluding hydrogens is 384 g/mol. The number of para-hydroxylation sites is 4. The van der Waals surface area contributed by atoms with Crippen molar-refractivity contribution >= 4 is 22.2 Å². The summed E-state index contributed by atoms with van der Waals surface area (Å²) in [5, 5.41) is 0. The SMILES string of the molecule is Cc1ccc(-c2cc(-c3nc4ccccc4o3)cc(-c3nc4ccccc4o3)c2)cc1. The van der Waals surface area contributed by atoms with Crippen molar-refractivity contribution in [1.82, 2.24) is 9.97 Å². The molecule has 0 fully saturated rings. The molecule has 6 rings (SSSR count). The summed E-state index contributed by atoms with van der Waals surface area (Å²) in [6, 6.07) is 30.3. The van der Waals surface area contributed by atoms with Gasteiger partial charge in [-0.15, -0.1) is 0 Å². The average molecular weight is 402 g/mol. The molecule has 4 heteroatoms. The molecule has 4 nitrogen and oxygen atoms in total. The van der Waals surface area contributed by atoms with Crippen LogP contribution >= 0.6 is 0 Å². The Balaban J connectivity index is 1.57. The molecule has 0 radical (unpaired) electrons. The zero-order valence-electron chi connectivity index (χ0n) is 16.9. The van der Waals surface area contributed by atoms with E-state index in [9.17, 15) is 0 Å². The fraction of sp³-hybridized carbons (Fsp3) is 0.0370. The minimum absolute atomic E-state index is 0.576. The zero-order valence-corrected chi connectivity index (χ0v) is 16.9. The molecule has 0 aliphatic rings. The third-order valence-corrected chi connectivity index (χ3v) is 5.40. The zero-order chi connectivity index (χ0) is 20.8. The summed E-state index contributed by atoms with van der Waals surface area (Å²) in [5.41, 5.74) is 8.35. The van der Waals surface area contributed by atoms with E-state index >= 15 is 0 Å². The summed E-state index contributed by atoms with van der Waals surface area (Å²) < 4.78 is 12.1. The van der Waals surface area contributed by atoms with Gasteiger partial charge in [0.05, 0.1) is 0 Å². The molecule has 148 valence electrons. The number of aromatic nitrogens is 2. The number of oxazole rings is 2. The van der Waals surface area contributed by atoms with Gasteiger partial charge in [-0.25, -0.2) is 9.97 Å². The summed E-state index contributed by atoms with van der Waals surface area (Å²) in [6.45, 7) is 2.09. The summed E-state index contributed by atoms with van der Waals surface area (Å²) in [4.78, 5) is 9.38. The van der Waals surface area contributed by atoms with Crippen LogP contribution in [-0.4, -0.2) is 9.97 Å². The molecule has 31 heavy (non-hydrogen) atoms. The molecule has 4 aromatic carbocycles. The van der Waals surface area contributed by atoms with Crippen molar-refractivity contribution in [1.29, 1.82) is 0 Å². The highest BCUT2D eigenvalue weighted by atomic mass is 16.4. The Kier molecular flexibility index (Phi) is 3.96. The van der Waals surface area contributed by atoms with Crippen LogP contribution < -0.4 is 0 Å². The molecule has 0 spiro atoms. The lowest BCUT2D eigenvalue weighted by Crippen LogP contribution is -1.86. The first-order valence-electron chi connectivity index (χ1n) is 10.2. The normalized spacial score (nSPS) is 11.4. The van der Waals surface area contributed by atoms with Crippen molar-refractivity contribution in [3.63, 3.8) is 0 Å². The largest absolute Gasteiger partial charge is 0.436 e. The van der Waals surface area contributed by atoms with Crippen molar-refractivity contribution in [2.45, 2.75) is 6.92 Å². The van der Waals surface area contributed by atoms with E-state index in [2.05, 4.69) is 43.3 Å². The first-order valence-corrected chi connectivity index (χ1v) is 10.2. The molecule has 0 amide bonds. The van der Waals surface area contributed by atoms with E-state index in [-0.39, 0.29) is 0 Å². The van der Waals surface area contributed by atoms with Crippen LogP contribution in [0, 0.1) is 6.92 Å². The van der Waals surface area contributed by atoms with Gasteiger partial charge in [-0.3, -0.25) is 0 Å². The van der Waals surface area contributed by atoms with Crippen LogP contribution in [0.25, 0.3) is 56.2 Å². The maximum absolute atomic E-state index is 6.05. The van der Waals surface area contributed by atoms with Crippen molar-refractivity contribution in [2.75, 3.05) is 0 Å². The van der Waals surface area contributed by atoms with E-state index in [1.165, 1.54) is 5.56 Å². The van der Waals surface area contributed by atoms with Gasteiger partial charge in [-0.05, 0) is 60.5 Å². The second kappa shape index (κ2) is 6.96. The number of hydrogen-bond acceptors (Lipinski definition) is 4. The van der Waals surface area contributed by atoms with Crippen molar-refractivity contribution < 1.29 is 8.83 Å². The van der Waals surface area contributed by atoms with Crippen LogP contribution in [0.5, 0.6) is 0 Å². The van der Waals surface area contributed by atoms with Crippen molar-refractivity contribution in [2.24, 2.45) is 0 Å². The Labute approximate surface area is 178 Å². The van der Waals surface area contributed by atoms with Gasteiger partial charge in [-0.1, -0.05) is 54.1 Å². The van der Waals surface area contributed by atoms with Crippen molar-refractivity contribution in [3.8, 4) is 34.0 Å². The third-order valence-electron chi connectivity index (χ3n) is 5.40. The van der Waals surface area contributed by atoms with Crippen LogP contribution in [0.3, 0.4) is 0 Å². The maximum Gasteiger partial charge on any atom is 0.227 e. The van der Waals surface area contributed by atoms with E-state index in [1.807, 2.05) is 54.6 Å². The second-order valence-corrected chi connectivity index (χ2v) is 7.64. The molecule has 2 heterocycles. The standard InChI is InChI=1S/C27H18N2O2/c1-17-10-12-18(13-11-17)19-14-20(26-28-22-6-2-4-8-24(22)30-26)16-21(15-19)27-29-23-7-3-5-9-25(23)31-27/h2-16H,1H3. The smallest absolute Gasteiger partial charge is 0.227 e. The quantitative estimate of drug-likeness (QED) is 0.312. The van der Waals surface area contributed by atoms with E-state index in [0.29, 0.717) is 11.8 Å². The molecule has 0 aliphatic heterocycles. The minimum Gasteiger partial charge on any atom is -0.436 e. The van der Waals surface area contributed by atoms with E-state index in [1.54, 1.807) is 0 Å². The Hall–Kier alpha value is -4.18. The highest BCUT2D eigenvalue weighted by molar-refractivity contribution is 5.82. The fourth-order valence-corrected chi connectivity index (χ4v) is 3.78. The number of aryl methyl sites for hydroxylation is 1. The minimum atomic E-state index is 0.576. The van der Waals surface area contributed by atoms with Crippen LogP contribution in [0.15, 0.2) is 99.8 Å². The van der Waals surface area contributed by atoms with Crippen molar-refractivity contribution in [3.05, 3.63) is 96.6 Å². The van der Waals surface area contributed by atoms with Gasteiger partial charge in [0.15, 0.2) is 11.2 Å². The maximum atomic E-state index is 6.05. The van der Waals surface area contributed by atoms with E-state index < -0.39 is 0 Å². The van der Waals surface area contributed by atoms with Gasteiger partial charge >= 0.3 is 0 Å². The lowest BCUT2D eigenvalue weighted by molar-refractivity contribution is 0.617. The highest BCUT2D eigenvalue weighted by Crippen LogP contribution is 2.34. The topological polar surface area (TPSA) is 52.1 Å². The Morgan fingerprint density at radius 2 is 1.00 bits per heavy atom. The first-order chi connectivity index (χ1) is 15.2.